The topological polar surface area (TPSA) is 27.7 Å². The summed E-state index contributed by atoms with van der Waals surface area (Å²) in [4.78, 5) is 0. The molecule has 0 aliphatic rings. The minimum atomic E-state index is -0.132. The minimum Gasteiger partial charge on any atom is -0.496 e. The number of benzene rings is 2. The third-order valence-electron chi connectivity index (χ3n) is 3.14. The SMILES string of the molecule is COc1cc(OC)c(C(S)c2ccccc2)c(OC)c1. The smallest absolute Gasteiger partial charge is 0.130 e. The molecule has 0 saturated carbocycles. The molecule has 0 saturated heterocycles. The van der Waals surface area contributed by atoms with Gasteiger partial charge in [-0.25, -0.2) is 0 Å². The van der Waals surface area contributed by atoms with Crippen LogP contribution in [0.2, 0.25) is 0 Å². The Kier molecular flexibility index (Phi) is 4.79. The van der Waals surface area contributed by atoms with Crippen LogP contribution in [0.4, 0.5) is 0 Å². The highest BCUT2D eigenvalue weighted by Crippen LogP contribution is 2.43. The number of hydrogen-bond donors (Lipinski definition) is 1. The second kappa shape index (κ2) is 6.57. The van der Waals surface area contributed by atoms with Gasteiger partial charge in [-0.1, -0.05) is 30.3 Å². The summed E-state index contributed by atoms with van der Waals surface area (Å²) in [5.41, 5.74) is 1.97. The first-order valence-electron chi connectivity index (χ1n) is 6.24. The van der Waals surface area contributed by atoms with E-state index >= 15 is 0 Å². The predicted octanol–water partition coefficient (Wildman–Crippen LogP) is 3.73. The Bertz CT molecular complexity index is 544. The number of thiol groups is 1. The molecule has 0 amide bonds. The largest absolute Gasteiger partial charge is 0.496 e. The van der Waals surface area contributed by atoms with Crippen LogP contribution in [0.3, 0.4) is 0 Å². The van der Waals surface area contributed by atoms with Crippen molar-refractivity contribution in [2.45, 2.75) is 5.25 Å². The molecule has 0 aromatic heterocycles. The fourth-order valence-corrected chi connectivity index (χ4v) is 2.53. The lowest BCUT2D eigenvalue weighted by Crippen LogP contribution is -2.02. The van der Waals surface area contributed by atoms with E-state index in [9.17, 15) is 0 Å². The van der Waals surface area contributed by atoms with Crippen LogP contribution in [0.1, 0.15) is 16.4 Å². The van der Waals surface area contributed by atoms with Gasteiger partial charge in [0.2, 0.25) is 0 Å². The molecule has 0 bridgehead atoms. The van der Waals surface area contributed by atoms with Gasteiger partial charge in [0.15, 0.2) is 0 Å². The molecule has 2 aromatic rings. The van der Waals surface area contributed by atoms with Crippen LogP contribution in [0.15, 0.2) is 42.5 Å². The quantitative estimate of drug-likeness (QED) is 0.850. The maximum atomic E-state index is 5.46. The normalized spacial score (nSPS) is 11.8. The van der Waals surface area contributed by atoms with Crippen molar-refractivity contribution < 1.29 is 14.2 Å². The second-order valence-electron chi connectivity index (χ2n) is 4.26. The highest BCUT2D eigenvalue weighted by molar-refractivity contribution is 7.80. The van der Waals surface area contributed by atoms with Crippen LogP contribution in [0, 0.1) is 0 Å². The summed E-state index contributed by atoms with van der Waals surface area (Å²) >= 11 is 4.72. The summed E-state index contributed by atoms with van der Waals surface area (Å²) < 4.78 is 16.2. The molecule has 0 heterocycles. The predicted molar refractivity (Wildman–Crippen MR) is 83.4 cm³/mol. The first-order valence-corrected chi connectivity index (χ1v) is 6.75. The Balaban J connectivity index is 2.54. The lowest BCUT2D eigenvalue weighted by molar-refractivity contribution is 0.369. The Morgan fingerprint density at radius 1 is 0.850 bits per heavy atom. The fraction of sp³-hybridized carbons (Fsp3) is 0.250. The lowest BCUT2D eigenvalue weighted by atomic mass is 10.0. The Morgan fingerprint density at radius 3 is 1.85 bits per heavy atom. The Hall–Kier alpha value is -1.81. The van der Waals surface area contributed by atoms with Gasteiger partial charge in [-0.15, -0.1) is 0 Å². The van der Waals surface area contributed by atoms with Crippen molar-refractivity contribution in [1.82, 2.24) is 0 Å². The van der Waals surface area contributed by atoms with Gasteiger partial charge in [0, 0.05) is 12.1 Å². The molecule has 0 radical (unpaired) electrons. The second-order valence-corrected chi connectivity index (χ2v) is 4.78. The number of methoxy groups -OCH3 is 3. The summed E-state index contributed by atoms with van der Waals surface area (Å²) in [6, 6.07) is 13.7. The van der Waals surface area contributed by atoms with Crippen LogP contribution in [0.5, 0.6) is 17.2 Å². The molecule has 0 fully saturated rings. The van der Waals surface area contributed by atoms with Gasteiger partial charge in [-0.05, 0) is 5.56 Å². The van der Waals surface area contributed by atoms with Crippen molar-refractivity contribution in [2.75, 3.05) is 21.3 Å². The molecule has 0 N–H and O–H groups in total. The van der Waals surface area contributed by atoms with Gasteiger partial charge in [0.1, 0.15) is 17.2 Å². The maximum absolute atomic E-state index is 5.46. The molecule has 2 rings (SSSR count). The fourth-order valence-electron chi connectivity index (χ4n) is 2.10. The summed E-state index contributed by atoms with van der Waals surface area (Å²) in [6.07, 6.45) is 0. The van der Waals surface area contributed by atoms with E-state index < -0.39 is 0 Å². The summed E-state index contributed by atoms with van der Waals surface area (Å²) in [5.74, 6) is 2.09. The van der Waals surface area contributed by atoms with Gasteiger partial charge in [0.05, 0.1) is 32.1 Å². The zero-order valence-electron chi connectivity index (χ0n) is 11.8. The van der Waals surface area contributed by atoms with Crippen molar-refractivity contribution in [3.63, 3.8) is 0 Å². The van der Waals surface area contributed by atoms with Crippen molar-refractivity contribution in [2.24, 2.45) is 0 Å². The van der Waals surface area contributed by atoms with Crippen LogP contribution < -0.4 is 14.2 Å². The van der Waals surface area contributed by atoms with E-state index in [1.807, 2.05) is 42.5 Å². The summed E-state index contributed by atoms with van der Waals surface area (Å²) in [6.45, 7) is 0. The minimum absolute atomic E-state index is 0.132. The molecular weight excluding hydrogens is 272 g/mol. The van der Waals surface area contributed by atoms with Crippen molar-refractivity contribution in [3.05, 3.63) is 53.6 Å². The highest BCUT2D eigenvalue weighted by atomic mass is 32.1. The maximum Gasteiger partial charge on any atom is 0.130 e. The molecular formula is C16H18O3S. The number of rotatable bonds is 5. The van der Waals surface area contributed by atoms with Crippen LogP contribution in [-0.2, 0) is 0 Å². The monoisotopic (exact) mass is 290 g/mol. The van der Waals surface area contributed by atoms with E-state index in [0.717, 1.165) is 11.1 Å². The Labute approximate surface area is 124 Å². The summed E-state index contributed by atoms with van der Waals surface area (Å²) in [5, 5.41) is -0.132. The van der Waals surface area contributed by atoms with Crippen LogP contribution >= 0.6 is 12.6 Å². The van der Waals surface area contributed by atoms with E-state index in [1.54, 1.807) is 21.3 Å². The van der Waals surface area contributed by atoms with Gasteiger partial charge in [0.25, 0.3) is 0 Å². The average Bonchev–Trinajstić information content (AvgIpc) is 2.53. The van der Waals surface area contributed by atoms with Crippen LogP contribution in [0.25, 0.3) is 0 Å². The first kappa shape index (κ1) is 14.6. The van der Waals surface area contributed by atoms with E-state index in [4.69, 9.17) is 26.8 Å². The number of ether oxygens (including phenoxy) is 3. The molecule has 4 heteroatoms. The zero-order valence-corrected chi connectivity index (χ0v) is 12.7. The molecule has 106 valence electrons. The molecule has 20 heavy (non-hydrogen) atoms. The van der Waals surface area contributed by atoms with E-state index in [-0.39, 0.29) is 5.25 Å². The van der Waals surface area contributed by atoms with Gasteiger partial charge >= 0.3 is 0 Å². The van der Waals surface area contributed by atoms with Gasteiger partial charge < -0.3 is 14.2 Å². The lowest BCUT2D eigenvalue weighted by Gasteiger charge is -2.19. The van der Waals surface area contributed by atoms with Crippen LogP contribution in [-0.4, -0.2) is 21.3 Å². The van der Waals surface area contributed by atoms with E-state index in [0.29, 0.717) is 17.2 Å². The summed E-state index contributed by atoms with van der Waals surface area (Å²) in [7, 11) is 4.87. The zero-order chi connectivity index (χ0) is 14.5. The molecule has 0 aliphatic carbocycles. The third-order valence-corrected chi connectivity index (χ3v) is 3.70. The van der Waals surface area contributed by atoms with Crippen molar-refractivity contribution in [1.29, 1.82) is 0 Å². The molecule has 1 unspecified atom stereocenters. The van der Waals surface area contributed by atoms with Crippen molar-refractivity contribution in [3.8, 4) is 17.2 Å². The molecule has 1 atom stereocenters. The first-order chi connectivity index (χ1) is 9.71. The van der Waals surface area contributed by atoms with Gasteiger partial charge in [-0.3, -0.25) is 0 Å². The van der Waals surface area contributed by atoms with Crippen molar-refractivity contribution >= 4 is 12.6 Å². The molecule has 3 nitrogen and oxygen atoms in total. The molecule has 0 aliphatic heterocycles. The number of hydrogen-bond acceptors (Lipinski definition) is 4. The Morgan fingerprint density at radius 2 is 1.40 bits per heavy atom. The highest BCUT2D eigenvalue weighted by Gasteiger charge is 2.21. The van der Waals surface area contributed by atoms with E-state index in [1.165, 1.54) is 0 Å². The average molecular weight is 290 g/mol. The van der Waals surface area contributed by atoms with Gasteiger partial charge in [-0.2, -0.15) is 12.6 Å². The molecule has 0 spiro atoms. The third kappa shape index (κ3) is 2.85. The standard InChI is InChI=1S/C16H18O3S/c1-17-12-9-13(18-2)15(14(10-12)19-3)16(20)11-7-5-4-6-8-11/h4-10,16,20H,1-3H3. The molecule has 2 aromatic carbocycles. The van der Waals surface area contributed by atoms with E-state index in [2.05, 4.69) is 0 Å².